The van der Waals surface area contributed by atoms with Gasteiger partial charge in [-0.1, -0.05) is 15.9 Å². The van der Waals surface area contributed by atoms with Gasteiger partial charge in [0.25, 0.3) is 0 Å². The molecular weight excluding hydrogens is 276 g/mol. The first-order chi connectivity index (χ1) is 4.63. The van der Waals surface area contributed by atoms with Gasteiger partial charge in [0, 0.05) is 13.8 Å². The third-order valence-electron chi connectivity index (χ3n) is 1.32. The average Bonchev–Trinajstić information content (AvgIpc) is 1.93. The smallest absolute Gasteiger partial charge is 0.0312 e. The maximum Gasteiger partial charge on any atom is 0.0312 e. The van der Waals surface area contributed by atoms with E-state index in [0.29, 0.717) is 0 Å². The van der Waals surface area contributed by atoms with Crippen LogP contribution in [0.15, 0.2) is 26.0 Å². The molecule has 1 rings (SSSR count). The Balaban J connectivity index is 3.34. The molecule has 0 aliphatic rings. The molecular formula is C7H6Br2S. The van der Waals surface area contributed by atoms with Crippen molar-refractivity contribution in [2.24, 2.45) is 0 Å². The molecule has 0 fully saturated rings. The Labute approximate surface area is 82.7 Å². The molecule has 1 aromatic carbocycles. The summed E-state index contributed by atoms with van der Waals surface area (Å²) in [5.41, 5.74) is 1.16. The van der Waals surface area contributed by atoms with Crippen LogP contribution >= 0.6 is 44.5 Å². The standard InChI is InChI=1S/C7H6Br2S/c1-4-5(8)2-3-6(9)7(4)10/h2-3,10H,1H3. The van der Waals surface area contributed by atoms with Crippen molar-refractivity contribution in [1.82, 2.24) is 0 Å². The second kappa shape index (κ2) is 3.28. The zero-order valence-corrected chi connectivity index (χ0v) is 9.42. The van der Waals surface area contributed by atoms with E-state index in [9.17, 15) is 0 Å². The molecule has 0 heterocycles. The predicted molar refractivity (Wildman–Crippen MR) is 53.8 cm³/mol. The van der Waals surface area contributed by atoms with Gasteiger partial charge >= 0.3 is 0 Å². The van der Waals surface area contributed by atoms with E-state index < -0.39 is 0 Å². The SMILES string of the molecule is Cc1c(Br)ccc(Br)c1S. The lowest BCUT2D eigenvalue weighted by atomic mass is 10.2. The van der Waals surface area contributed by atoms with Crippen LogP contribution in [0.4, 0.5) is 0 Å². The molecule has 0 atom stereocenters. The summed E-state index contributed by atoms with van der Waals surface area (Å²) in [5, 5.41) is 0. The zero-order valence-electron chi connectivity index (χ0n) is 5.36. The second-order valence-corrected chi connectivity index (χ2v) is 4.16. The highest BCUT2D eigenvalue weighted by molar-refractivity contribution is 9.11. The van der Waals surface area contributed by atoms with Crippen LogP contribution in [0.3, 0.4) is 0 Å². The highest BCUT2D eigenvalue weighted by Gasteiger charge is 2.01. The molecule has 0 aromatic heterocycles. The minimum atomic E-state index is 0.995. The number of hydrogen-bond acceptors (Lipinski definition) is 1. The first-order valence-corrected chi connectivity index (χ1v) is 4.80. The van der Waals surface area contributed by atoms with Crippen molar-refractivity contribution in [2.75, 3.05) is 0 Å². The summed E-state index contributed by atoms with van der Waals surface area (Å²) in [6, 6.07) is 3.97. The average molecular weight is 282 g/mol. The summed E-state index contributed by atoms with van der Waals surface area (Å²) in [6.45, 7) is 2.02. The van der Waals surface area contributed by atoms with Crippen molar-refractivity contribution in [1.29, 1.82) is 0 Å². The minimum absolute atomic E-state index is 0.995. The van der Waals surface area contributed by atoms with Crippen LogP contribution < -0.4 is 0 Å². The van der Waals surface area contributed by atoms with Crippen molar-refractivity contribution >= 4 is 44.5 Å². The fourth-order valence-electron chi connectivity index (χ4n) is 0.642. The number of benzene rings is 1. The lowest BCUT2D eigenvalue weighted by Gasteiger charge is -2.02. The third kappa shape index (κ3) is 1.57. The summed E-state index contributed by atoms with van der Waals surface area (Å²) in [5.74, 6) is 0. The fourth-order valence-corrected chi connectivity index (χ4v) is 1.75. The maximum absolute atomic E-state index is 4.30. The van der Waals surface area contributed by atoms with Crippen LogP contribution in [-0.2, 0) is 0 Å². The topological polar surface area (TPSA) is 0 Å². The molecule has 54 valence electrons. The highest BCUT2D eigenvalue weighted by atomic mass is 79.9. The van der Waals surface area contributed by atoms with Gasteiger partial charge in [-0.05, 0) is 40.5 Å². The van der Waals surface area contributed by atoms with Crippen molar-refractivity contribution < 1.29 is 0 Å². The molecule has 0 aliphatic heterocycles. The Morgan fingerprint density at radius 2 is 1.70 bits per heavy atom. The van der Waals surface area contributed by atoms with E-state index in [1.54, 1.807) is 0 Å². The summed E-state index contributed by atoms with van der Waals surface area (Å²) >= 11 is 11.1. The van der Waals surface area contributed by atoms with E-state index >= 15 is 0 Å². The molecule has 0 bridgehead atoms. The first kappa shape index (κ1) is 8.62. The third-order valence-corrected chi connectivity index (χ3v) is 3.72. The summed E-state index contributed by atoms with van der Waals surface area (Å²) in [4.78, 5) is 0.995. The number of halogens is 2. The molecule has 0 saturated heterocycles. The molecule has 0 N–H and O–H groups in total. The van der Waals surface area contributed by atoms with Crippen LogP contribution in [0, 0.1) is 6.92 Å². The van der Waals surface area contributed by atoms with E-state index in [1.807, 2.05) is 19.1 Å². The molecule has 1 aromatic rings. The van der Waals surface area contributed by atoms with Crippen LogP contribution in [0.2, 0.25) is 0 Å². The van der Waals surface area contributed by atoms with Crippen LogP contribution in [0.1, 0.15) is 5.56 Å². The Bertz CT molecular complexity index is 231. The zero-order chi connectivity index (χ0) is 7.72. The van der Waals surface area contributed by atoms with Crippen LogP contribution in [0.25, 0.3) is 0 Å². The number of rotatable bonds is 0. The monoisotopic (exact) mass is 280 g/mol. The van der Waals surface area contributed by atoms with Crippen molar-refractivity contribution in [3.8, 4) is 0 Å². The molecule has 0 unspecified atom stereocenters. The predicted octanol–water partition coefficient (Wildman–Crippen LogP) is 3.81. The van der Waals surface area contributed by atoms with Gasteiger partial charge in [-0.15, -0.1) is 12.6 Å². The molecule has 0 nitrogen and oxygen atoms in total. The Morgan fingerprint density at radius 1 is 1.20 bits per heavy atom. The molecule has 0 aliphatic carbocycles. The van der Waals surface area contributed by atoms with Gasteiger partial charge < -0.3 is 0 Å². The van der Waals surface area contributed by atoms with Gasteiger partial charge in [-0.25, -0.2) is 0 Å². The molecule has 10 heavy (non-hydrogen) atoms. The molecule has 0 saturated carbocycles. The number of thiol groups is 1. The van der Waals surface area contributed by atoms with Crippen LogP contribution in [0.5, 0.6) is 0 Å². The Hall–Kier alpha value is 0.530. The van der Waals surface area contributed by atoms with Gasteiger partial charge in [0.05, 0.1) is 0 Å². The van der Waals surface area contributed by atoms with E-state index in [0.717, 1.165) is 19.4 Å². The Morgan fingerprint density at radius 3 is 2.20 bits per heavy atom. The van der Waals surface area contributed by atoms with Gasteiger partial charge in [-0.3, -0.25) is 0 Å². The van der Waals surface area contributed by atoms with Crippen molar-refractivity contribution in [3.05, 3.63) is 26.6 Å². The van der Waals surface area contributed by atoms with E-state index in [-0.39, 0.29) is 0 Å². The van der Waals surface area contributed by atoms with Gasteiger partial charge in [0.15, 0.2) is 0 Å². The number of hydrogen-bond donors (Lipinski definition) is 1. The lowest BCUT2D eigenvalue weighted by Crippen LogP contribution is -1.79. The second-order valence-electron chi connectivity index (χ2n) is 2.00. The van der Waals surface area contributed by atoms with Gasteiger partial charge in [-0.2, -0.15) is 0 Å². The quantitative estimate of drug-likeness (QED) is 0.687. The molecule has 3 heteroatoms. The largest absolute Gasteiger partial charge is 0.142 e. The first-order valence-electron chi connectivity index (χ1n) is 2.76. The Kier molecular flexibility index (Phi) is 2.83. The van der Waals surface area contributed by atoms with E-state index in [1.165, 1.54) is 0 Å². The molecule has 0 spiro atoms. The maximum atomic E-state index is 4.30. The van der Waals surface area contributed by atoms with Gasteiger partial charge in [0.1, 0.15) is 0 Å². The fraction of sp³-hybridized carbons (Fsp3) is 0.143. The highest BCUT2D eigenvalue weighted by Crippen LogP contribution is 2.29. The molecule has 0 radical (unpaired) electrons. The van der Waals surface area contributed by atoms with E-state index in [4.69, 9.17) is 0 Å². The summed E-state index contributed by atoms with van der Waals surface area (Å²) in [7, 11) is 0. The molecule has 0 amide bonds. The van der Waals surface area contributed by atoms with Gasteiger partial charge in [0.2, 0.25) is 0 Å². The van der Waals surface area contributed by atoms with Crippen molar-refractivity contribution in [2.45, 2.75) is 11.8 Å². The summed E-state index contributed by atoms with van der Waals surface area (Å²) in [6.07, 6.45) is 0. The van der Waals surface area contributed by atoms with E-state index in [2.05, 4.69) is 44.5 Å². The minimum Gasteiger partial charge on any atom is -0.142 e. The lowest BCUT2D eigenvalue weighted by molar-refractivity contribution is 1.26. The summed E-state index contributed by atoms with van der Waals surface area (Å²) < 4.78 is 2.14. The normalized spacial score (nSPS) is 10.0. The van der Waals surface area contributed by atoms with Crippen molar-refractivity contribution in [3.63, 3.8) is 0 Å². The van der Waals surface area contributed by atoms with Crippen LogP contribution in [-0.4, -0.2) is 0 Å².